The summed E-state index contributed by atoms with van der Waals surface area (Å²) in [6, 6.07) is 3.99. The molecule has 3 rings (SSSR count). The molecule has 1 saturated carbocycles. The zero-order chi connectivity index (χ0) is 11.1. The van der Waals surface area contributed by atoms with E-state index in [9.17, 15) is 4.79 Å². The van der Waals surface area contributed by atoms with Crippen molar-refractivity contribution in [3.63, 3.8) is 0 Å². The van der Waals surface area contributed by atoms with Gasteiger partial charge in [0.05, 0.1) is 7.11 Å². The Balaban J connectivity index is 2.01. The van der Waals surface area contributed by atoms with Gasteiger partial charge in [0.15, 0.2) is 0 Å². The minimum absolute atomic E-state index is 0.411. The fraction of sp³-hybridized carbons (Fsp3) is 0.538. The molecule has 84 valence electrons. The highest BCUT2D eigenvalue weighted by Crippen LogP contribution is 2.42. The lowest BCUT2D eigenvalue weighted by Crippen LogP contribution is -2.29. The van der Waals surface area contributed by atoms with Gasteiger partial charge < -0.3 is 4.74 Å². The molecule has 3 nitrogen and oxygen atoms in total. The number of methoxy groups -OCH3 is 1. The van der Waals surface area contributed by atoms with E-state index in [1.54, 1.807) is 7.11 Å². The SMILES string of the molecule is COc1ccc2c(n1)C[C@H]1CC(=O)C[C@H]2C1. The molecule has 2 aliphatic rings. The van der Waals surface area contributed by atoms with E-state index in [1.165, 1.54) is 5.56 Å². The number of hydrogen-bond donors (Lipinski definition) is 0. The van der Waals surface area contributed by atoms with Crippen molar-refractivity contribution in [2.24, 2.45) is 5.92 Å². The molecule has 0 amide bonds. The third kappa shape index (κ3) is 1.51. The monoisotopic (exact) mass is 217 g/mol. The number of ketones is 1. The second-order valence-corrected chi connectivity index (χ2v) is 4.84. The Morgan fingerprint density at radius 3 is 3.00 bits per heavy atom. The highest BCUT2D eigenvalue weighted by Gasteiger charge is 2.34. The van der Waals surface area contributed by atoms with Crippen molar-refractivity contribution < 1.29 is 9.53 Å². The lowest BCUT2D eigenvalue weighted by atomic mass is 9.70. The van der Waals surface area contributed by atoms with Gasteiger partial charge in [-0.3, -0.25) is 4.79 Å². The van der Waals surface area contributed by atoms with E-state index < -0.39 is 0 Å². The zero-order valence-corrected chi connectivity index (χ0v) is 9.40. The Kier molecular flexibility index (Phi) is 2.20. The van der Waals surface area contributed by atoms with Gasteiger partial charge in [-0.1, -0.05) is 6.07 Å². The summed E-state index contributed by atoms with van der Waals surface area (Å²) in [5, 5.41) is 0. The Morgan fingerprint density at radius 1 is 1.31 bits per heavy atom. The van der Waals surface area contributed by atoms with Gasteiger partial charge >= 0.3 is 0 Å². The van der Waals surface area contributed by atoms with Gasteiger partial charge in [0.1, 0.15) is 5.78 Å². The first-order valence-corrected chi connectivity index (χ1v) is 5.81. The van der Waals surface area contributed by atoms with Gasteiger partial charge in [-0.15, -0.1) is 0 Å². The maximum atomic E-state index is 11.6. The van der Waals surface area contributed by atoms with E-state index in [0.717, 1.165) is 25.0 Å². The molecule has 0 aromatic carbocycles. The molecule has 0 radical (unpaired) electrons. The van der Waals surface area contributed by atoms with Crippen LogP contribution in [0.3, 0.4) is 0 Å². The molecule has 0 saturated heterocycles. The van der Waals surface area contributed by atoms with Gasteiger partial charge in [0.25, 0.3) is 0 Å². The molecule has 0 spiro atoms. The first kappa shape index (κ1) is 9.82. The zero-order valence-electron chi connectivity index (χ0n) is 9.40. The lowest BCUT2D eigenvalue weighted by molar-refractivity contribution is -0.122. The number of hydrogen-bond acceptors (Lipinski definition) is 3. The van der Waals surface area contributed by atoms with Crippen molar-refractivity contribution in [1.29, 1.82) is 0 Å². The van der Waals surface area contributed by atoms with Crippen LogP contribution in [0.15, 0.2) is 12.1 Å². The molecular formula is C13H15NO2. The summed E-state index contributed by atoms with van der Waals surface area (Å²) in [4.78, 5) is 16.1. The van der Waals surface area contributed by atoms with E-state index in [1.807, 2.05) is 6.07 Å². The average molecular weight is 217 g/mol. The van der Waals surface area contributed by atoms with Gasteiger partial charge in [-0.2, -0.15) is 0 Å². The lowest BCUT2D eigenvalue weighted by Gasteiger charge is -2.34. The Hall–Kier alpha value is -1.38. The smallest absolute Gasteiger partial charge is 0.213 e. The van der Waals surface area contributed by atoms with Crippen LogP contribution in [0.1, 0.15) is 36.4 Å². The first-order chi connectivity index (χ1) is 7.76. The number of carbonyl (C=O) groups is 1. The van der Waals surface area contributed by atoms with E-state index in [0.29, 0.717) is 29.9 Å². The maximum absolute atomic E-state index is 11.6. The number of Topliss-reactive ketones (excluding diaryl/α,β-unsaturated/α-hetero) is 1. The number of rotatable bonds is 1. The van der Waals surface area contributed by atoms with Crippen molar-refractivity contribution in [3.05, 3.63) is 23.4 Å². The Morgan fingerprint density at radius 2 is 2.19 bits per heavy atom. The minimum Gasteiger partial charge on any atom is -0.481 e. The van der Waals surface area contributed by atoms with Crippen LogP contribution in [0, 0.1) is 5.92 Å². The highest BCUT2D eigenvalue weighted by molar-refractivity contribution is 5.81. The fourth-order valence-corrected chi connectivity index (χ4v) is 3.06. The molecule has 1 aromatic rings. The van der Waals surface area contributed by atoms with Crippen LogP contribution in [-0.2, 0) is 11.2 Å². The first-order valence-electron chi connectivity index (χ1n) is 5.81. The summed E-state index contributed by atoms with van der Waals surface area (Å²) in [6.07, 6.45) is 3.55. The third-order valence-electron chi connectivity index (χ3n) is 3.72. The molecule has 1 heterocycles. The summed E-state index contributed by atoms with van der Waals surface area (Å²) >= 11 is 0. The van der Waals surface area contributed by atoms with Crippen molar-refractivity contribution >= 4 is 5.78 Å². The second kappa shape index (κ2) is 3.58. The number of fused-ring (bicyclic) bond motifs is 4. The molecule has 2 aliphatic carbocycles. The largest absolute Gasteiger partial charge is 0.481 e. The highest BCUT2D eigenvalue weighted by atomic mass is 16.5. The van der Waals surface area contributed by atoms with Crippen LogP contribution >= 0.6 is 0 Å². The fourth-order valence-electron chi connectivity index (χ4n) is 3.06. The van der Waals surface area contributed by atoms with Crippen LogP contribution < -0.4 is 4.74 Å². The topological polar surface area (TPSA) is 39.2 Å². The molecule has 0 N–H and O–H groups in total. The molecule has 16 heavy (non-hydrogen) atoms. The van der Waals surface area contributed by atoms with Crippen molar-refractivity contribution in [2.45, 2.75) is 31.6 Å². The standard InChI is InChI=1S/C13H15NO2/c1-16-13-3-2-11-9-4-8(5-10(15)7-9)6-12(11)14-13/h2-3,8-9H,4-7H2,1H3/t8-,9-/m1/s1. The van der Waals surface area contributed by atoms with Gasteiger partial charge in [0.2, 0.25) is 5.88 Å². The van der Waals surface area contributed by atoms with E-state index in [-0.39, 0.29) is 0 Å². The molecule has 2 atom stereocenters. The van der Waals surface area contributed by atoms with E-state index in [4.69, 9.17) is 4.74 Å². The van der Waals surface area contributed by atoms with Gasteiger partial charge in [-0.25, -0.2) is 4.98 Å². The van der Waals surface area contributed by atoms with Gasteiger partial charge in [-0.05, 0) is 30.2 Å². The predicted octanol–water partition coefficient (Wildman–Crippen LogP) is 2.10. The quantitative estimate of drug-likeness (QED) is 0.723. The molecule has 1 fully saturated rings. The summed E-state index contributed by atoms with van der Waals surface area (Å²) in [5.74, 6) is 2.03. The predicted molar refractivity (Wildman–Crippen MR) is 59.6 cm³/mol. The number of pyridine rings is 1. The number of ether oxygens (including phenoxy) is 1. The molecular weight excluding hydrogens is 202 g/mol. The van der Waals surface area contributed by atoms with Crippen molar-refractivity contribution in [1.82, 2.24) is 4.98 Å². The third-order valence-corrected chi connectivity index (χ3v) is 3.72. The maximum Gasteiger partial charge on any atom is 0.213 e. The molecule has 3 heteroatoms. The van der Waals surface area contributed by atoms with Crippen LogP contribution in [0.25, 0.3) is 0 Å². The summed E-state index contributed by atoms with van der Waals surface area (Å²) in [7, 11) is 1.64. The Bertz CT molecular complexity index is 442. The van der Waals surface area contributed by atoms with Crippen molar-refractivity contribution in [3.8, 4) is 5.88 Å². The average Bonchev–Trinajstić information content (AvgIpc) is 2.27. The van der Waals surface area contributed by atoms with Gasteiger partial charge in [0, 0.05) is 24.6 Å². The molecule has 2 bridgehead atoms. The number of aromatic nitrogens is 1. The molecule has 0 unspecified atom stereocenters. The summed E-state index contributed by atoms with van der Waals surface area (Å²) < 4.78 is 5.15. The van der Waals surface area contributed by atoms with Crippen LogP contribution in [-0.4, -0.2) is 17.9 Å². The normalized spacial score (nSPS) is 27.4. The summed E-state index contributed by atoms with van der Waals surface area (Å²) in [5.41, 5.74) is 2.42. The van der Waals surface area contributed by atoms with Crippen LogP contribution in [0.4, 0.5) is 0 Å². The van der Waals surface area contributed by atoms with Crippen LogP contribution in [0.5, 0.6) is 5.88 Å². The summed E-state index contributed by atoms with van der Waals surface area (Å²) in [6.45, 7) is 0. The second-order valence-electron chi connectivity index (χ2n) is 4.84. The molecule has 1 aromatic heterocycles. The van der Waals surface area contributed by atoms with Crippen molar-refractivity contribution in [2.75, 3.05) is 7.11 Å². The van der Waals surface area contributed by atoms with E-state index >= 15 is 0 Å². The van der Waals surface area contributed by atoms with E-state index in [2.05, 4.69) is 11.1 Å². The Labute approximate surface area is 94.8 Å². The minimum atomic E-state index is 0.411. The number of nitrogens with zero attached hydrogens (tertiary/aromatic N) is 1. The van der Waals surface area contributed by atoms with Crippen LogP contribution in [0.2, 0.25) is 0 Å². The molecule has 0 aliphatic heterocycles. The number of carbonyl (C=O) groups excluding carboxylic acids is 1.